The predicted octanol–water partition coefficient (Wildman–Crippen LogP) is 2.22. The number of ether oxygens (including phenoxy) is 1. The molecule has 0 radical (unpaired) electrons. The summed E-state index contributed by atoms with van der Waals surface area (Å²) < 4.78 is 5.14. The molecular weight excluding hydrogens is 206 g/mol. The van der Waals surface area contributed by atoms with Crippen LogP contribution in [0.4, 0.5) is 0 Å². The fourth-order valence-corrected chi connectivity index (χ4v) is 1.91. The molecule has 16 heavy (non-hydrogen) atoms. The highest BCUT2D eigenvalue weighted by molar-refractivity contribution is 5.87. The van der Waals surface area contributed by atoms with Crippen LogP contribution >= 0.6 is 0 Å². The van der Waals surface area contributed by atoms with Crippen molar-refractivity contribution in [1.29, 1.82) is 0 Å². The first-order valence-electron chi connectivity index (χ1n) is 5.05. The van der Waals surface area contributed by atoms with Crippen molar-refractivity contribution in [2.75, 3.05) is 7.11 Å². The monoisotopic (exact) mass is 219 g/mol. The minimum Gasteiger partial charge on any atom is -0.481 e. The molecule has 84 valence electrons. The number of pyridine rings is 1. The van der Waals surface area contributed by atoms with Gasteiger partial charge in [-0.25, -0.2) is 9.78 Å². The molecule has 4 heteroatoms. The first-order valence-corrected chi connectivity index (χ1v) is 5.05. The van der Waals surface area contributed by atoms with Gasteiger partial charge in [0.15, 0.2) is 0 Å². The normalized spacial score (nSPS) is 15.7. The zero-order chi connectivity index (χ0) is 11.7. The van der Waals surface area contributed by atoms with E-state index in [0.29, 0.717) is 11.8 Å². The van der Waals surface area contributed by atoms with E-state index < -0.39 is 5.97 Å². The van der Waals surface area contributed by atoms with Crippen molar-refractivity contribution in [3.8, 4) is 5.88 Å². The highest BCUT2D eigenvalue weighted by Gasteiger charge is 2.27. The molecule has 1 aliphatic carbocycles. The summed E-state index contributed by atoms with van der Waals surface area (Å²) in [6.07, 6.45) is 3.10. The molecule has 0 aromatic carbocycles. The predicted molar refractivity (Wildman–Crippen MR) is 58.9 cm³/mol. The smallest absolute Gasteiger partial charge is 0.337 e. The molecule has 4 nitrogen and oxygen atoms in total. The van der Waals surface area contributed by atoms with Crippen LogP contribution in [0.5, 0.6) is 5.88 Å². The van der Waals surface area contributed by atoms with E-state index in [4.69, 9.17) is 9.84 Å². The van der Waals surface area contributed by atoms with Crippen LogP contribution < -0.4 is 4.74 Å². The summed E-state index contributed by atoms with van der Waals surface area (Å²) in [6, 6.07) is 1.64. The molecule has 1 aromatic heterocycles. The van der Waals surface area contributed by atoms with Crippen LogP contribution in [0.15, 0.2) is 24.4 Å². The van der Waals surface area contributed by atoms with Crippen LogP contribution in [0.25, 0.3) is 0 Å². The maximum Gasteiger partial charge on any atom is 0.337 e. The molecule has 0 spiro atoms. The van der Waals surface area contributed by atoms with Gasteiger partial charge in [0.25, 0.3) is 0 Å². The van der Waals surface area contributed by atoms with Crippen LogP contribution in [-0.4, -0.2) is 23.2 Å². The van der Waals surface area contributed by atoms with E-state index >= 15 is 0 Å². The maximum absolute atomic E-state index is 10.8. The average Bonchev–Trinajstić information content (AvgIpc) is 2.24. The number of hydrogen-bond donors (Lipinski definition) is 1. The Morgan fingerprint density at radius 3 is 2.81 bits per heavy atom. The van der Waals surface area contributed by atoms with Gasteiger partial charge in [-0.3, -0.25) is 0 Å². The van der Waals surface area contributed by atoms with Gasteiger partial charge in [0.05, 0.1) is 12.7 Å². The van der Waals surface area contributed by atoms with Crippen molar-refractivity contribution >= 4 is 5.97 Å². The van der Waals surface area contributed by atoms with Crippen LogP contribution in [0.1, 0.15) is 34.7 Å². The van der Waals surface area contributed by atoms with E-state index in [-0.39, 0.29) is 5.56 Å². The van der Waals surface area contributed by atoms with Gasteiger partial charge in [-0.05, 0) is 24.8 Å². The average molecular weight is 219 g/mol. The molecule has 0 aliphatic heterocycles. The SMILES string of the molecule is C=C1CC(c2cc(C(=O)O)cnc2OC)C1. The number of carboxylic acids is 1. The van der Waals surface area contributed by atoms with Crippen molar-refractivity contribution in [3.63, 3.8) is 0 Å². The summed E-state index contributed by atoms with van der Waals surface area (Å²) in [6.45, 7) is 3.87. The molecule has 0 saturated heterocycles. The van der Waals surface area contributed by atoms with E-state index in [1.54, 1.807) is 13.2 Å². The number of hydrogen-bond acceptors (Lipinski definition) is 3. The van der Waals surface area contributed by atoms with Gasteiger partial charge in [-0.2, -0.15) is 0 Å². The Bertz CT molecular complexity index is 446. The largest absolute Gasteiger partial charge is 0.481 e. The standard InChI is InChI=1S/C12H13NO3/c1-7-3-8(4-7)10-5-9(12(14)15)6-13-11(10)16-2/h5-6,8H,1,3-4H2,2H3,(H,14,15). The van der Waals surface area contributed by atoms with Crippen molar-refractivity contribution in [2.24, 2.45) is 0 Å². The first kappa shape index (κ1) is 10.7. The van der Waals surface area contributed by atoms with Crippen molar-refractivity contribution in [2.45, 2.75) is 18.8 Å². The number of carbonyl (C=O) groups is 1. The summed E-state index contributed by atoms with van der Waals surface area (Å²) in [7, 11) is 1.54. The van der Waals surface area contributed by atoms with Gasteiger partial charge in [0.1, 0.15) is 0 Å². The van der Waals surface area contributed by atoms with Crippen molar-refractivity contribution in [1.82, 2.24) is 4.98 Å². The fourth-order valence-electron chi connectivity index (χ4n) is 1.91. The first-order chi connectivity index (χ1) is 7.61. The third kappa shape index (κ3) is 1.78. The maximum atomic E-state index is 10.8. The molecule has 1 aliphatic rings. The second kappa shape index (κ2) is 3.96. The summed E-state index contributed by atoms with van der Waals surface area (Å²) in [5.41, 5.74) is 2.26. The molecule has 1 heterocycles. The third-order valence-electron chi connectivity index (χ3n) is 2.83. The number of allylic oxidation sites excluding steroid dienone is 1. The second-order valence-electron chi connectivity index (χ2n) is 3.98. The van der Waals surface area contributed by atoms with Crippen LogP contribution in [0, 0.1) is 0 Å². The number of aromatic carboxylic acids is 1. The van der Waals surface area contributed by atoms with E-state index in [2.05, 4.69) is 11.6 Å². The number of rotatable bonds is 3. The summed E-state index contributed by atoms with van der Waals surface area (Å²) in [5, 5.41) is 8.90. The van der Waals surface area contributed by atoms with Gasteiger partial charge >= 0.3 is 5.97 Å². The lowest BCUT2D eigenvalue weighted by Crippen LogP contribution is -2.14. The summed E-state index contributed by atoms with van der Waals surface area (Å²) in [4.78, 5) is 14.9. The van der Waals surface area contributed by atoms with Gasteiger partial charge in [0, 0.05) is 11.8 Å². The quantitative estimate of drug-likeness (QED) is 0.792. The van der Waals surface area contributed by atoms with E-state index in [0.717, 1.165) is 18.4 Å². The zero-order valence-electron chi connectivity index (χ0n) is 9.06. The molecule has 1 aromatic rings. The summed E-state index contributed by atoms with van der Waals surface area (Å²) in [5.74, 6) is -0.147. The Morgan fingerprint density at radius 2 is 2.31 bits per heavy atom. The van der Waals surface area contributed by atoms with Crippen LogP contribution in [-0.2, 0) is 0 Å². The lowest BCUT2D eigenvalue weighted by atomic mass is 9.76. The number of carboxylic acid groups (broad SMARTS) is 1. The number of methoxy groups -OCH3 is 1. The van der Waals surface area contributed by atoms with Gasteiger partial charge < -0.3 is 9.84 Å². The topological polar surface area (TPSA) is 59.4 Å². The molecule has 2 rings (SSSR count). The molecule has 1 N–H and O–H groups in total. The Morgan fingerprint density at radius 1 is 1.62 bits per heavy atom. The minimum atomic E-state index is -0.963. The Kier molecular flexibility index (Phi) is 2.64. The molecule has 0 bridgehead atoms. The third-order valence-corrected chi connectivity index (χ3v) is 2.83. The molecule has 1 fully saturated rings. The Hall–Kier alpha value is -1.84. The lowest BCUT2D eigenvalue weighted by molar-refractivity contribution is 0.0696. The molecular formula is C12H13NO3. The van der Waals surface area contributed by atoms with Gasteiger partial charge in [-0.1, -0.05) is 12.2 Å². The van der Waals surface area contributed by atoms with Crippen molar-refractivity contribution in [3.05, 3.63) is 35.5 Å². The number of nitrogens with zero attached hydrogens (tertiary/aromatic N) is 1. The highest BCUT2D eigenvalue weighted by atomic mass is 16.5. The Balaban J connectivity index is 2.35. The zero-order valence-corrected chi connectivity index (χ0v) is 9.06. The highest BCUT2D eigenvalue weighted by Crippen LogP contribution is 2.43. The van der Waals surface area contributed by atoms with Gasteiger partial charge in [0.2, 0.25) is 5.88 Å². The molecule has 0 amide bonds. The van der Waals surface area contributed by atoms with Crippen molar-refractivity contribution < 1.29 is 14.6 Å². The van der Waals surface area contributed by atoms with E-state index in [9.17, 15) is 4.79 Å². The van der Waals surface area contributed by atoms with E-state index in [1.165, 1.54) is 11.8 Å². The second-order valence-corrected chi connectivity index (χ2v) is 3.98. The lowest BCUT2D eigenvalue weighted by Gasteiger charge is -2.29. The van der Waals surface area contributed by atoms with E-state index in [1.807, 2.05) is 0 Å². The number of aromatic nitrogens is 1. The Labute approximate surface area is 93.6 Å². The van der Waals surface area contributed by atoms with Gasteiger partial charge in [-0.15, -0.1) is 0 Å². The van der Waals surface area contributed by atoms with Crippen LogP contribution in [0.3, 0.4) is 0 Å². The summed E-state index contributed by atoms with van der Waals surface area (Å²) >= 11 is 0. The molecule has 0 atom stereocenters. The van der Waals surface area contributed by atoms with Crippen LogP contribution in [0.2, 0.25) is 0 Å². The molecule has 0 unspecified atom stereocenters. The molecule has 1 saturated carbocycles. The minimum absolute atomic E-state index is 0.202. The fraction of sp³-hybridized carbons (Fsp3) is 0.333.